The number of esters is 1. The molecule has 1 fully saturated rings. The van der Waals surface area contributed by atoms with Crippen molar-refractivity contribution in [3.8, 4) is 0 Å². The maximum Gasteiger partial charge on any atom is 0.302 e. The Kier molecular flexibility index (Phi) is 4.30. The molecule has 0 aliphatic heterocycles. The van der Waals surface area contributed by atoms with Crippen LogP contribution in [0.5, 0.6) is 0 Å². The van der Waals surface area contributed by atoms with E-state index in [2.05, 4.69) is 0 Å². The summed E-state index contributed by atoms with van der Waals surface area (Å²) in [4.78, 5) is 21.9. The van der Waals surface area contributed by atoms with Crippen LogP contribution >= 0.6 is 0 Å². The Morgan fingerprint density at radius 2 is 2.05 bits per heavy atom. The van der Waals surface area contributed by atoms with Crippen molar-refractivity contribution in [1.82, 2.24) is 0 Å². The molecule has 102 valence electrons. The van der Waals surface area contributed by atoms with E-state index < -0.39 is 0 Å². The molecule has 0 heterocycles. The summed E-state index contributed by atoms with van der Waals surface area (Å²) in [5.74, 6) is -0.261. The molecule has 0 amide bonds. The van der Waals surface area contributed by atoms with Crippen molar-refractivity contribution in [3.63, 3.8) is 0 Å². The number of benzene rings is 1. The maximum atomic E-state index is 14.0. The fourth-order valence-corrected chi connectivity index (χ4v) is 2.43. The molecule has 0 N–H and O–H groups in total. The van der Waals surface area contributed by atoms with E-state index in [1.807, 2.05) is 0 Å². The summed E-state index contributed by atoms with van der Waals surface area (Å²) < 4.78 is 18.9. The van der Waals surface area contributed by atoms with E-state index in [1.165, 1.54) is 13.0 Å². The first-order chi connectivity index (χ1) is 9.06. The molecule has 0 saturated heterocycles. The highest BCUT2D eigenvalue weighted by Gasteiger charge is 2.22. The van der Waals surface area contributed by atoms with Crippen LogP contribution in [-0.2, 0) is 20.9 Å². The quantitative estimate of drug-likeness (QED) is 0.788. The number of Topliss-reactive ketones (excluding diaryl/α,β-unsaturated/α-hetero) is 1. The Hall–Kier alpha value is -1.71. The van der Waals surface area contributed by atoms with Gasteiger partial charge in [-0.25, -0.2) is 4.39 Å². The van der Waals surface area contributed by atoms with Crippen LogP contribution in [-0.4, -0.2) is 11.8 Å². The summed E-state index contributed by atoms with van der Waals surface area (Å²) in [5.41, 5.74) is 1.31. The van der Waals surface area contributed by atoms with Crippen LogP contribution in [0, 0.1) is 5.82 Å². The Labute approximate surface area is 111 Å². The lowest BCUT2D eigenvalue weighted by atomic mass is 9.83. The maximum absolute atomic E-state index is 14.0. The van der Waals surface area contributed by atoms with Crippen molar-refractivity contribution in [3.05, 3.63) is 35.1 Å². The molecule has 1 saturated carbocycles. The molecule has 0 radical (unpaired) electrons. The topological polar surface area (TPSA) is 43.4 Å². The SMILES string of the molecule is CC(=O)OCc1ccc(C2CCC(=O)CC2)c(F)c1. The number of ether oxygens (including phenoxy) is 1. The molecule has 1 aliphatic rings. The summed E-state index contributed by atoms with van der Waals surface area (Å²) in [6.07, 6.45) is 2.52. The lowest BCUT2D eigenvalue weighted by Gasteiger charge is -2.22. The Balaban J connectivity index is 2.06. The summed E-state index contributed by atoms with van der Waals surface area (Å²) in [6.45, 7) is 1.42. The molecule has 1 aromatic rings. The van der Waals surface area contributed by atoms with E-state index in [4.69, 9.17) is 4.74 Å². The van der Waals surface area contributed by atoms with Crippen molar-refractivity contribution in [1.29, 1.82) is 0 Å². The van der Waals surface area contributed by atoms with Crippen LogP contribution in [0.15, 0.2) is 18.2 Å². The molecular formula is C15H17FO3. The van der Waals surface area contributed by atoms with E-state index in [0.717, 1.165) is 12.8 Å². The number of hydrogen-bond donors (Lipinski definition) is 0. The largest absolute Gasteiger partial charge is 0.461 e. The zero-order valence-electron chi connectivity index (χ0n) is 10.9. The number of carbonyl (C=O) groups excluding carboxylic acids is 2. The fraction of sp³-hybridized carbons (Fsp3) is 0.467. The minimum absolute atomic E-state index is 0.0929. The zero-order chi connectivity index (χ0) is 13.8. The van der Waals surface area contributed by atoms with Crippen LogP contribution < -0.4 is 0 Å². The summed E-state index contributed by atoms with van der Waals surface area (Å²) >= 11 is 0. The van der Waals surface area contributed by atoms with Crippen molar-refractivity contribution >= 4 is 11.8 Å². The van der Waals surface area contributed by atoms with Gasteiger partial charge in [0.25, 0.3) is 0 Å². The minimum Gasteiger partial charge on any atom is -0.461 e. The Morgan fingerprint density at radius 3 is 2.63 bits per heavy atom. The second-order valence-electron chi connectivity index (χ2n) is 4.95. The van der Waals surface area contributed by atoms with Crippen LogP contribution in [0.3, 0.4) is 0 Å². The molecule has 3 nitrogen and oxygen atoms in total. The molecule has 2 rings (SSSR count). The van der Waals surface area contributed by atoms with Crippen LogP contribution in [0.4, 0.5) is 4.39 Å². The van der Waals surface area contributed by atoms with E-state index >= 15 is 0 Å². The van der Waals surface area contributed by atoms with Gasteiger partial charge < -0.3 is 4.74 Å². The van der Waals surface area contributed by atoms with E-state index in [9.17, 15) is 14.0 Å². The molecule has 19 heavy (non-hydrogen) atoms. The Morgan fingerprint density at radius 1 is 1.37 bits per heavy atom. The van der Waals surface area contributed by atoms with Gasteiger partial charge in [-0.05, 0) is 36.0 Å². The van der Waals surface area contributed by atoms with Gasteiger partial charge in [-0.1, -0.05) is 12.1 Å². The lowest BCUT2D eigenvalue weighted by Crippen LogP contribution is -2.13. The van der Waals surface area contributed by atoms with Crippen molar-refractivity contribution in [2.75, 3.05) is 0 Å². The molecule has 4 heteroatoms. The predicted molar refractivity (Wildman–Crippen MR) is 68.1 cm³/mol. The first kappa shape index (κ1) is 13.7. The van der Waals surface area contributed by atoms with E-state index in [1.54, 1.807) is 12.1 Å². The third-order valence-corrected chi connectivity index (χ3v) is 3.49. The zero-order valence-corrected chi connectivity index (χ0v) is 10.9. The van der Waals surface area contributed by atoms with Gasteiger partial charge >= 0.3 is 5.97 Å². The molecule has 1 aromatic carbocycles. The molecule has 1 aliphatic carbocycles. The standard InChI is InChI=1S/C15H17FO3/c1-10(17)19-9-11-2-7-14(15(16)8-11)12-3-5-13(18)6-4-12/h2,7-8,12H,3-6,9H2,1H3. The second kappa shape index (κ2) is 5.95. The van der Waals surface area contributed by atoms with Crippen LogP contribution in [0.1, 0.15) is 49.7 Å². The van der Waals surface area contributed by atoms with E-state index in [0.29, 0.717) is 24.0 Å². The highest BCUT2D eigenvalue weighted by molar-refractivity contribution is 5.79. The van der Waals surface area contributed by atoms with Crippen molar-refractivity contribution in [2.24, 2.45) is 0 Å². The molecule has 0 bridgehead atoms. The summed E-state index contributed by atoms with van der Waals surface area (Å²) in [6, 6.07) is 4.93. The molecule has 0 aromatic heterocycles. The molecule has 0 spiro atoms. The van der Waals surface area contributed by atoms with Gasteiger partial charge in [0.15, 0.2) is 0 Å². The number of rotatable bonds is 3. The van der Waals surface area contributed by atoms with Gasteiger partial charge in [0.1, 0.15) is 18.2 Å². The smallest absolute Gasteiger partial charge is 0.302 e. The average molecular weight is 264 g/mol. The fourth-order valence-electron chi connectivity index (χ4n) is 2.43. The van der Waals surface area contributed by atoms with Gasteiger partial charge in [-0.3, -0.25) is 9.59 Å². The number of halogens is 1. The van der Waals surface area contributed by atoms with Crippen LogP contribution in [0.25, 0.3) is 0 Å². The predicted octanol–water partition coefficient (Wildman–Crippen LogP) is 3.12. The van der Waals surface area contributed by atoms with Gasteiger partial charge in [0.05, 0.1) is 0 Å². The van der Waals surface area contributed by atoms with Gasteiger partial charge in [0, 0.05) is 19.8 Å². The second-order valence-corrected chi connectivity index (χ2v) is 4.95. The van der Waals surface area contributed by atoms with E-state index in [-0.39, 0.29) is 30.1 Å². The Bertz CT molecular complexity index is 486. The molecule has 0 unspecified atom stereocenters. The summed E-state index contributed by atoms with van der Waals surface area (Å²) in [7, 11) is 0. The van der Waals surface area contributed by atoms with Crippen LogP contribution in [0.2, 0.25) is 0 Å². The van der Waals surface area contributed by atoms with Crippen molar-refractivity contribution < 1.29 is 18.7 Å². The number of hydrogen-bond acceptors (Lipinski definition) is 3. The van der Waals surface area contributed by atoms with Gasteiger partial charge in [0.2, 0.25) is 0 Å². The number of ketones is 1. The molecule has 0 atom stereocenters. The third-order valence-electron chi connectivity index (χ3n) is 3.49. The first-order valence-electron chi connectivity index (χ1n) is 6.49. The highest BCUT2D eigenvalue weighted by atomic mass is 19.1. The van der Waals surface area contributed by atoms with Gasteiger partial charge in [-0.15, -0.1) is 0 Å². The monoisotopic (exact) mass is 264 g/mol. The normalized spacial score (nSPS) is 16.4. The van der Waals surface area contributed by atoms with Gasteiger partial charge in [-0.2, -0.15) is 0 Å². The lowest BCUT2D eigenvalue weighted by molar-refractivity contribution is -0.142. The number of carbonyl (C=O) groups is 2. The minimum atomic E-state index is -0.379. The highest BCUT2D eigenvalue weighted by Crippen LogP contribution is 2.32. The first-order valence-corrected chi connectivity index (χ1v) is 6.49. The summed E-state index contributed by atoms with van der Waals surface area (Å²) in [5, 5.41) is 0. The average Bonchev–Trinajstić information content (AvgIpc) is 2.38. The van der Waals surface area contributed by atoms with Crippen molar-refractivity contribution in [2.45, 2.75) is 45.1 Å². The third kappa shape index (κ3) is 3.63. The molecular weight excluding hydrogens is 247 g/mol.